The molecule has 1 N–H and O–H groups in total. The van der Waals surface area contributed by atoms with Crippen molar-refractivity contribution >= 4 is 5.91 Å². The number of nitrogens with one attached hydrogen (secondary N) is 1. The maximum atomic E-state index is 12.3. The number of carbonyl (C=O) groups excluding carboxylic acids is 1. The summed E-state index contributed by atoms with van der Waals surface area (Å²) < 4.78 is 0. The molecule has 1 saturated carbocycles. The molecular weight excluding hydrogens is 266 g/mol. The van der Waals surface area contributed by atoms with Crippen molar-refractivity contribution in [1.29, 1.82) is 0 Å². The van der Waals surface area contributed by atoms with Gasteiger partial charge < -0.3 is 9.88 Å². The fourth-order valence-electron chi connectivity index (χ4n) is 3.10. The molecule has 1 aliphatic carbocycles. The number of hydrogen-bond acceptors (Lipinski definition) is 3. The zero-order chi connectivity index (χ0) is 15.4. The standard InChI is InChI=1S/C16H25N3O2/c1-11-14(16(21)18-12(2)17-11)9-15(20)19(3)10-13-7-5-4-6-8-13/h13H,4-10H2,1-3H3,(H,17,18,21). The third-order valence-electron chi connectivity index (χ3n) is 4.35. The number of hydrogen-bond donors (Lipinski definition) is 1. The molecule has 0 unspecified atom stereocenters. The first kappa shape index (κ1) is 15.7. The van der Waals surface area contributed by atoms with Crippen molar-refractivity contribution in [2.45, 2.75) is 52.4 Å². The monoisotopic (exact) mass is 291 g/mol. The van der Waals surface area contributed by atoms with Crippen LogP contribution in [0.25, 0.3) is 0 Å². The Bertz CT molecular complexity index is 559. The Morgan fingerprint density at radius 3 is 2.57 bits per heavy atom. The van der Waals surface area contributed by atoms with E-state index in [2.05, 4.69) is 9.97 Å². The maximum absolute atomic E-state index is 12.3. The summed E-state index contributed by atoms with van der Waals surface area (Å²) in [7, 11) is 1.84. The summed E-state index contributed by atoms with van der Waals surface area (Å²) >= 11 is 0. The Balaban J connectivity index is 1.99. The van der Waals surface area contributed by atoms with Crippen molar-refractivity contribution in [2.75, 3.05) is 13.6 Å². The summed E-state index contributed by atoms with van der Waals surface area (Å²) in [6.45, 7) is 4.33. The Morgan fingerprint density at radius 2 is 1.95 bits per heavy atom. The molecule has 0 spiro atoms. The predicted octanol–water partition coefficient (Wildman–Crippen LogP) is 1.97. The van der Waals surface area contributed by atoms with E-state index < -0.39 is 0 Å². The highest BCUT2D eigenvalue weighted by Gasteiger charge is 2.20. The molecule has 0 saturated heterocycles. The average Bonchev–Trinajstić information content (AvgIpc) is 2.43. The summed E-state index contributed by atoms with van der Waals surface area (Å²) in [5.41, 5.74) is 0.941. The smallest absolute Gasteiger partial charge is 0.254 e. The van der Waals surface area contributed by atoms with E-state index in [1.54, 1.807) is 18.7 Å². The summed E-state index contributed by atoms with van der Waals surface area (Å²) in [5.74, 6) is 1.20. The third-order valence-corrected chi connectivity index (χ3v) is 4.35. The molecule has 116 valence electrons. The van der Waals surface area contributed by atoms with Crippen molar-refractivity contribution < 1.29 is 4.79 Å². The first-order valence-electron chi connectivity index (χ1n) is 7.77. The van der Waals surface area contributed by atoms with E-state index in [1.807, 2.05) is 7.05 Å². The lowest BCUT2D eigenvalue weighted by Gasteiger charge is -2.27. The van der Waals surface area contributed by atoms with Crippen LogP contribution in [-0.2, 0) is 11.2 Å². The van der Waals surface area contributed by atoms with Gasteiger partial charge in [-0.1, -0.05) is 19.3 Å². The molecule has 2 rings (SSSR count). The van der Waals surface area contributed by atoms with Gasteiger partial charge in [-0.15, -0.1) is 0 Å². The summed E-state index contributed by atoms with van der Waals surface area (Å²) in [6, 6.07) is 0. The van der Waals surface area contributed by atoms with Crippen LogP contribution in [0.3, 0.4) is 0 Å². The first-order chi connectivity index (χ1) is 9.97. The number of carbonyl (C=O) groups is 1. The highest BCUT2D eigenvalue weighted by Crippen LogP contribution is 2.24. The van der Waals surface area contributed by atoms with Crippen LogP contribution in [0.15, 0.2) is 4.79 Å². The second-order valence-corrected chi connectivity index (χ2v) is 6.17. The Labute approximate surface area is 125 Å². The number of likely N-dealkylation sites (N-methyl/N-ethyl adjacent to an activating group) is 1. The number of aryl methyl sites for hydroxylation is 2. The van der Waals surface area contributed by atoms with E-state index >= 15 is 0 Å². The van der Waals surface area contributed by atoms with Crippen LogP contribution >= 0.6 is 0 Å². The quantitative estimate of drug-likeness (QED) is 0.922. The van der Waals surface area contributed by atoms with E-state index in [1.165, 1.54) is 32.1 Å². The molecule has 1 amide bonds. The Morgan fingerprint density at radius 1 is 1.29 bits per heavy atom. The lowest BCUT2D eigenvalue weighted by Crippen LogP contribution is -2.35. The SMILES string of the molecule is Cc1nc(C)c(CC(=O)N(C)CC2CCCCC2)c(=O)[nH]1. The van der Waals surface area contributed by atoms with Gasteiger partial charge >= 0.3 is 0 Å². The highest BCUT2D eigenvalue weighted by atomic mass is 16.2. The topological polar surface area (TPSA) is 66.1 Å². The van der Waals surface area contributed by atoms with Gasteiger partial charge in [0.15, 0.2) is 0 Å². The van der Waals surface area contributed by atoms with Gasteiger partial charge in [-0.25, -0.2) is 4.98 Å². The van der Waals surface area contributed by atoms with Gasteiger partial charge in [-0.3, -0.25) is 9.59 Å². The van der Waals surface area contributed by atoms with Crippen LogP contribution in [-0.4, -0.2) is 34.4 Å². The molecule has 0 bridgehead atoms. The van der Waals surface area contributed by atoms with Gasteiger partial charge in [0.25, 0.3) is 5.56 Å². The average molecular weight is 291 g/mol. The maximum Gasteiger partial charge on any atom is 0.254 e. The van der Waals surface area contributed by atoms with Crippen LogP contribution in [0.4, 0.5) is 0 Å². The molecule has 21 heavy (non-hydrogen) atoms. The number of nitrogens with zero attached hydrogens (tertiary/aromatic N) is 2. The minimum absolute atomic E-state index is 0.000161. The highest BCUT2D eigenvalue weighted by molar-refractivity contribution is 5.78. The van der Waals surface area contributed by atoms with Crippen molar-refractivity contribution in [1.82, 2.24) is 14.9 Å². The number of rotatable bonds is 4. The molecule has 1 aromatic heterocycles. The summed E-state index contributed by atoms with van der Waals surface area (Å²) in [4.78, 5) is 32.9. The normalized spacial score (nSPS) is 16.0. The van der Waals surface area contributed by atoms with Crippen LogP contribution in [0, 0.1) is 19.8 Å². The molecule has 0 aromatic carbocycles. The predicted molar refractivity (Wildman–Crippen MR) is 82.2 cm³/mol. The minimum atomic E-state index is -0.195. The van der Waals surface area contributed by atoms with Crippen molar-refractivity contribution in [3.63, 3.8) is 0 Å². The number of amides is 1. The van der Waals surface area contributed by atoms with E-state index in [0.717, 1.165) is 6.54 Å². The van der Waals surface area contributed by atoms with E-state index in [4.69, 9.17) is 0 Å². The molecule has 1 fully saturated rings. The van der Waals surface area contributed by atoms with Gasteiger partial charge in [0.1, 0.15) is 5.82 Å². The fourth-order valence-corrected chi connectivity index (χ4v) is 3.10. The number of aromatic amines is 1. The summed E-state index contributed by atoms with van der Waals surface area (Å²) in [5, 5.41) is 0. The Hall–Kier alpha value is -1.65. The molecule has 1 heterocycles. The molecule has 1 aliphatic rings. The zero-order valence-electron chi connectivity index (χ0n) is 13.2. The largest absolute Gasteiger partial charge is 0.345 e. The minimum Gasteiger partial charge on any atom is -0.345 e. The first-order valence-corrected chi connectivity index (χ1v) is 7.77. The van der Waals surface area contributed by atoms with Crippen molar-refractivity contribution in [3.8, 4) is 0 Å². The number of H-pyrrole nitrogens is 1. The molecule has 0 atom stereocenters. The van der Waals surface area contributed by atoms with Crippen LogP contribution < -0.4 is 5.56 Å². The van der Waals surface area contributed by atoms with E-state index in [0.29, 0.717) is 23.0 Å². The Kier molecular flexibility index (Phi) is 5.15. The van der Waals surface area contributed by atoms with Gasteiger partial charge in [0, 0.05) is 24.8 Å². The molecule has 5 nitrogen and oxygen atoms in total. The third kappa shape index (κ3) is 4.16. The van der Waals surface area contributed by atoms with Crippen molar-refractivity contribution in [2.24, 2.45) is 5.92 Å². The lowest BCUT2D eigenvalue weighted by molar-refractivity contribution is -0.129. The van der Waals surface area contributed by atoms with Crippen LogP contribution in [0.2, 0.25) is 0 Å². The van der Waals surface area contributed by atoms with E-state index in [9.17, 15) is 9.59 Å². The molecular formula is C16H25N3O2. The van der Waals surface area contributed by atoms with Crippen LogP contribution in [0.5, 0.6) is 0 Å². The van der Waals surface area contributed by atoms with Gasteiger partial charge in [0.2, 0.25) is 5.91 Å². The molecule has 1 aromatic rings. The van der Waals surface area contributed by atoms with Gasteiger partial charge in [-0.2, -0.15) is 0 Å². The summed E-state index contributed by atoms with van der Waals surface area (Å²) in [6.07, 6.45) is 6.42. The molecule has 5 heteroatoms. The van der Waals surface area contributed by atoms with E-state index in [-0.39, 0.29) is 17.9 Å². The zero-order valence-corrected chi connectivity index (χ0v) is 13.2. The van der Waals surface area contributed by atoms with Crippen molar-refractivity contribution in [3.05, 3.63) is 27.4 Å². The second-order valence-electron chi connectivity index (χ2n) is 6.17. The van der Waals surface area contributed by atoms with Gasteiger partial charge in [-0.05, 0) is 32.6 Å². The van der Waals surface area contributed by atoms with Gasteiger partial charge in [0.05, 0.1) is 6.42 Å². The number of aromatic nitrogens is 2. The fraction of sp³-hybridized carbons (Fsp3) is 0.688. The molecule has 0 aliphatic heterocycles. The lowest BCUT2D eigenvalue weighted by atomic mass is 9.89. The second kappa shape index (κ2) is 6.87. The molecule has 0 radical (unpaired) electrons. The van der Waals surface area contributed by atoms with Crippen LogP contribution in [0.1, 0.15) is 49.2 Å².